The van der Waals surface area contributed by atoms with E-state index in [1.165, 1.54) is 14.2 Å². The molecule has 0 fully saturated rings. The van der Waals surface area contributed by atoms with Crippen molar-refractivity contribution in [3.63, 3.8) is 0 Å². The molecule has 6 heteroatoms. The van der Waals surface area contributed by atoms with E-state index in [-0.39, 0.29) is 5.70 Å². The highest BCUT2D eigenvalue weighted by Gasteiger charge is 2.13. The van der Waals surface area contributed by atoms with E-state index < -0.39 is 18.0 Å². The number of hydrogen-bond acceptors (Lipinski definition) is 6. The second-order valence-electron chi connectivity index (χ2n) is 4.00. The second-order valence-corrected chi connectivity index (χ2v) is 4.00. The summed E-state index contributed by atoms with van der Waals surface area (Å²) in [6, 6.07) is 6.83. The number of esters is 2. The van der Waals surface area contributed by atoms with Gasteiger partial charge in [0.1, 0.15) is 5.70 Å². The largest absolute Gasteiger partial charge is 0.466 e. The maximum atomic E-state index is 11.6. The summed E-state index contributed by atoms with van der Waals surface area (Å²) in [5, 5.41) is 12.3. The zero-order valence-electron chi connectivity index (χ0n) is 11.5. The van der Waals surface area contributed by atoms with E-state index in [0.717, 1.165) is 6.08 Å². The standard InChI is InChI=1S/C14H17NO5/c1-9(16)10-5-4-6-11(7-10)15-12(14(18)20-3)8-13(17)19-2/h4-9,15-16H,1-3H3/b12-8+. The Morgan fingerprint density at radius 2 is 2.00 bits per heavy atom. The van der Waals surface area contributed by atoms with Gasteiger partial charge >= 0.3 is 11.9 Å². The van der Waals surface area contributed by atoms with Crippen molar-refractivity contribution in [1.82, 2.24) is 0 Å². The lowest BCUT2D eigenvalue weighted by Gasteiger charge is -2.11. The van der Waals surface area contributed by atoms with E-state index in [0.29, 0.717) is 11.3 Å². The number of hydrogen-bond donors (Lipinski definition) is 2. The van der Waals surface area contributed by atoms with Crippen LogP contribution in [0.15, 0.2) is 36.0 Å². The number of benzene rings is 1. The molecule has 1 atom stereocenters. The molecule has 0 spiro atoms. The van der Waals surface area contributed by atoms with Crippen molar-refractivity contribution in [2.75, 3.05) is 19.5 Å². The molecular formula is C14H17NO5. The molecule has 0 amide bonds. The molecule has 1 aromatic carbocycles. The van der Waals surface area contributed by atoms with Gasteiger partial charge in [0.15, 0.2) is 0 Å². The summed E-state index contributed by atoms with van der Waals surface area (Å²) < 4.78 is 9.05. The van der Waals surface area contributed by atoms with Crippen LogP contribution in [-0.2, 0) is 19.1 Å². The predicted octanol–water partition coefficient (Wildman–Crippen LogP) is 1.38. The summed E-state index contributed by atoms with van der Waals surface area (Å²) in [6.07, 6.45) is 0.365. The molecule has 0 aliphatic rings. The molecule has 20 heavy (non-hydrogen) atoms. The molecule has 0 aliphatic carbocycles. The lowest BCUT2D eigenvalue weighted by Crippen LogP contribution is -2.15. The summed E-state index contributed by atoms with van der Waals surface area (Å²) >= 11 is 0. The lowest BCUT2D eigenvalue weighted by atomic mass is 10.1. The van der Waals surface area contributed by atoms with Gasteiger partial charge in [-0.05, 0) is 24.6 Å². The third kappa shape index (κ3) is 4.40. The summed E-state index contributed by atoms with van der Waals surface area (Å²) in [5.41, 5.74) is 1.17. The number of anilines is 1. The molecule has 6 nitrogen and oxygen atoms in total. The molecule has 0 heterocycles. The van der Waals surface area contributed by atoms with Gasteiger partial charge in [0, 0.05) is 5.69 Å². The topological polar surface area (TPSA) is 84.9 Å². The monoisotopic (exact) mass is 279 g/mol. The maximum absolute atomic E-state index is 11.6. The first-order chi connectivity index (χ1) is 9.47. The number of aliphatic hydroxyl groups is 1. The fraction of sp³-hybridized carbons (Fsp3) is 0.286. The Labute approximate surface area is 117 Å². The molecule has 0 aliphatic heterocycles. The Kier molecular flexibility index (Phi) is 5.74. The third-order valence-electron chi connectivity index (χ3n) is 2.52. The van der Waals surface area contributed by atoms with Crippen molar-refractivity contribution < 1.29 is 24.2 Å². The van der Waals surface area contributed by atoms with Gasteiger partial charge in [-0.3, -0.25) is 0 Å². The number of ether oxygens (including phenoxy) is 2. The van der Waals surface area contributed by atoms with Crippen LogP contribution in [0.2, 0.25) is 0 Å². The van der Waals surface area contributed by atoms with E-state index in [2.05, 4.69) is 14.8 Å². The SMILES string of the molecule is COC(=O)/C=C(/Nc1cccc(C(C)O)c1)C(=O)OC. The number of methoxy groups -OCH3 is 2. The van der Waals surface area contributed by atoms with Gasteiger partial charge in [0.2, 0.25) is 0 Å². The van der Waals surface area contributed by atoms with E-state index >= 15 is 0 Å². The molecule has 108 valence electrons. The molecular weight excluding hydrogens is 262 g/mol. The Bertz CT molecular complexity index is 522. The maximum Gasteiger partial charge on any atom is 0.354 e. The van der Waals surface area contributed by atoms with Crippen LogP contribution in [0.4, 0.5) is 5.69 Å². The Morgan fingerprint density at radius 1 is 1.30 bits per heavy atom. The normalized spacial score (nSPS) is 12.5. The molecule has 0 saturated carbocycles. The number of nitrogens with one attached hydrogen (secondary N) is 1. The van der Waals surface area contributed by atoms with Gasteiger partial charge in [-0.1, -0.05) is 12.1 Å². The Balaban J connectivity index is 3.01. The van der Waals surface area contributed by atoms with Crippen LogP contribution >= 0.6 is 0 Å². The Hall–Kier alpha value is -2.34. The highest BCUT2D eigenvalue weighted by molar-refractivity contribution is 5.98. The summed E-state index contributed by atoms with van der Waals surface area (Å²) in [6.45, 7) is 1.63. The lowest BCUT2D eigenvalue weighted by molar-refractivity contribution is -0.138. The van der Waals surface area contributed by atoms with Crippen LogP contribution in [0.1, 0.15) is 18.6 Å². The quantitative estimate of drug-likeness (QED) is 0.625. The summed E-state index contributed by atoms with van der Waals surface area (Å²) in [5.74, 6) is -1.37. The van der Waals surface area contributed by atoms with E-state index in [1.54, 1.807) is 31.2 Å². The first-order valence-corrected chi connectivity index (χ1v) is 5.91. The zero-order valence-corrected chi connectivity index (χ0v) is 11.5. The number of aliphatic hydroxyl groups excluding tert-OH is 1. The van der Waals surface area contributed by atoms with Crippen LogP contribution in [-0.4, -0.2) is 31.3 Å². The van der Waals surface area contributed by atoms with Gasteiger partial charge < -0.3 is 19.9 Å². The zero-order chi connectivity index (χ0) is 15.1. The van der Waals surface area contributed by atoms with Crippen LogP contribution in [0.3, 0.4) is 0 Å². The van der Waals surface area contributed by atoms with E-state index in [1.807, 2.05) is 0 Å². The number of carbonyl (C=O) groups is 2. The Morgan fingerprint density at radius 3 is 2.55 bits per heavy atom. The highest BCUT2D eigenvalue weighted by atomic mass is 16.5. The average Bonchev–Trinajstić information content (AvgIpc) is 2.45. The van der Waals surface area contributed by atoms with Crippen LogP contribution in [0.25, 0.3) is 0 Å². The summed E-state index contributed by atoms with van der Waals surface area (Å²) in [4.78, 5) is 22.8. The first-order valence-electron chi connectivity index (χ1n) is 5.91. The van der Waals surface area contributed by atoms with Crippen molar-refractivity contribution in [1.29, 1.82) is 0 Å². The van der Waals surface area contributed by atoms with Crippen LogP contribution in [0.5, 0.6) is 0 Å². The second kappa shape index (κ2) is 7.30. The highest BCUT2D eigenvalue weighted by Crippen LogP contribution is 2.18. The van der Waals surface area contributed by atoms with Crippen molar-refractivity contribution in [2.24, 2.45) is 0 Å². The van der Waals surface area contributed by atoms with Gasteiger partial charge in [-0.2, -0.15) is 0 Å². The first kappa shape index (κ1) is 15.7. The van der Waals surface area contributed by atoms with Gasteiger partial charge in [0.05, 0.1) is 26.4 Å². The molecule has 0 radical (unpaired) electrons. The molecule has 2 N–H and O–H groups in total. The average molecular weight is 279 g/mol. The minimum atomic E-state index is -0.696. The molecule has 0 bridgehead atoms. The third-order valence-corrected chi connectivity index (χ3v) is 2.52. The van der Waals surface area contributed by atoms with Crippen LogP contribution < -0.4 is 5.32 Å². The fourth-order valence-electron chi connectivity index (χ4n) is 1.46. The smallest absolute Gasteiger partial charge is 0.354 e. The van der Waals surface area contributed by atoms with Crippen molar-refractivity contribution >= 4 is 17.6 Å². The summed E-state index contributed by atoms with van der Waals surface area (Å²) in [7, 11) is 2.42. The van der Waals surface area contributed by atoms with E-state index in [9.17, 15) is 14.7 Å². The number of rotatable bonds is 5. The molecule has 1 rings (SSSR count). The molecule has 0 aromatic heterocycles. The molecule has 1 unspecified atom stereocenters. The van der Waals surface area contributed by atoms with Gasteiger partial charge in [0.25, 0.3) is 0 Å². The predicted molar refractivity (Wildman–Crippen MR) is 72.8 cm³/mol. The molecule has 0 saturated heterocycles. The van der Waals surface area contributed by atoms with Gasteiger partial charge in [-0.25, -0.2) is 9.59 Å². The minimum absolute atomic E-state index is 0.0536. The molecule has 1 aromatic rings. The van der Waals surface area contributed by atoms with Crippen molar-refractivity contribution in [3.05, 3.63) is 41.6 Å². The van der Waals surface area contributed by atoms with Crippen LogP contribution in [0, 0.1) is 0 Å². The van der Waals surface area contributed by atoms with E-state index in [4.69, 9.17) is 0 Å². The van der Waals surface area contributed by atoms with Crippen molar-refractivity contribution in [2.45, 2.75) is 13.0 Å². The minimum Gasteiger partial charge on any atom is -0.466 e. The van der Waals surface area contributed by atoms with Crippen molar-refractivity contribution in [3.8, 4) is 0 Å². The fourth-order valence-corrected chi connectivity index (χ4v) is 1.46. The van der Waals surface area contributed by atoms with Gasteiger partial charge in [-0.15, -0.1) is 0 Å². The number of carbonyl (C=O) groups excluding carboxylic acids is 2.